The molecule has 0 radical (unpaired) electrons. The van der Waals surface area contributed by atoms with E-state index < -0.39 is 0 Å². The number of nitrogens with zero attached hydrogens (tertiary/aromatic N) is 2. The van der Waals surface area contributed by atoms with Crippen molar-refractivity contribution < 1.29 is 4.79 Å². The maximum atomic E-state index is 11.8. The summed E-state index contributed by atoms with van der Waals surface area (Å²) >= 11 is 1.38. The van der Waals surface area contributed by atoms with Crippen molar-refractivity contribution in [1.29, 1.82) is 5.26 Å². The molecular weight excluding hydrogens is 260 g/mol. The van der Waals surface area contributed by atoms with Gasteiger partial charge in [0.1, 0.15) is 11.1 Å². The molecule has 0 saturated carbocycles. The van der Waals surface area contributed by atoms with Crippen LogP contribution in [0.25, 0.3) is 0 Å². The molecular formula is C13H18N4OS. The Balaban J connectivity index is 1.77. The number of piperidine rings is 1. The smallest absolute Gasteiger partial charge is 0.226 e. The summed E-state index contributed by atoms with van der Waals surface area (Å²) in [6, 6.07) is 4.01. The van der Waals surface area contributed by atoms with Crippen LogP contribution in [0.3, 0.4) is 0 Å². The first-order valence-corrected chi connectivity index (χ1v) is 7.32. The molecule has 19 heavy (non-hydrogen) atoms. The topological polar surface area (TPSA) is 82.2 Å². The second-order valence-electron chi connectivity index (χ2n) is 4.78. The van der Waals surface area contributed by atoms with Crippen molar-refractivity contribution in [1.82, 2.24) is 4.90 Å². The highest BCUT2D eigenvalue weighted by molar-refractivity contribution is 7.14. The van der Waals surface area contributed by atoms with Gasteiger partial charge in [-0.05, 0) is 30.8 Å². The largest absolute Gasteiger partial charge is 0.327 e. The van der Waals surface area contributed by atoms with Crippen molar-refractivity contribution in [3.05, 3.63) is 17.0 Å². The van der Waals surface area contributed by atoms with Crippen LogP contribution in [0.1, 0.15) is 24.8 Å². The van der Waals surface area contributed by atoms with Crippen LogP contribution in [-0.2, 0) is 4.79 Å². The number of rotatable bonds is 4. The number of likely N-dealkylation sites (tertiary alicyclic amines) is 1. The number of amides is 1. The average molecular weight is 278 g/mol. The zero-order valence-corrected chi connectivity index (χ0v) is 11.6. The molecule has 0 aliphatic carbocycles. The summed E-state index contributed by atoms with van der Waals surface area (Å²) in [7, 11) is 0. The fourth-order valence-electron chi connectivity index (χ4n) is 2.24. The van der Waals surface area contributed by atoms with E-state index in [4.69, 9.17) is 11.0 Å². The van der Waals surface area contributed by atoms with E-state index >= 15 is 0 Å². The van der Waals surface area contributed by atoms with Gasteiger partial charge in [0.2, 0.25) is 5.91 Å². The first-order valence-electron chi connectivity index (χ1n) is 6.44. The molecule has 1 amide bonds. The molecule has 1 fully saturated rings. The van der Waals surface area contributed by atoms with Crippen LogP contribution >= 0.6 is 11.3 Å². The van der Waals surface area contributed by atoms with Gasteiger partial charge in [0.15, 0.2) is 0 Å². The molecule has 2 rings (SSSR count). The number of hydrogen-bond donors (Lipinski definition) is 2. The molecule has 5 nitrogen and oxygen atoms in total. The predicted molar refractivity (Wildman–Crippen MR) is 75.9 cm³/mol. The van der Waals surface area contributed by atoms with Gasteiger partial charge in [0, 0.05) is 25.6 Å². The Kier molecular flexibility index (Phi) is 4.91. The van der Waals surface area contributed by atoms with Crippen LogP contribution < -0.4 is 11.1 Å². The number of hydrogen-bond acceptors (Lipinski definition) is 5. The molecule has 1 saturated heterocycles. The second-order valence-corrected chi connectivity index (χ2v) is 5.69. The lowest BCUT2D eigenvalue weighted by Crippen LogP contribution is -2.43. The Morgan fingerprint density at radius 3 is 3.26 bits per heavy atom. The zero-order chi connectivity index (χ0) is 13.7. The third kappa shape index (κ3) is 4.03. The molecule has 1 aliphatic rings. The summed E-state index contributed by atoms with van der Waals surface area (Å²) in [5.41, 5.74) is 6.43. The fraction of sp³-hybridized carbons (Fsp3) is 0.538. The Morgan fingerprint density at radius 2 is 2.53 bits per heavy atom. The van der Waals surface area contributed by atoms with Crippen LogP contribution in [0.2, 0.25) is 0 Å². The van der Waals surface area contributed by atoms with Crippen molar-refractivity contribution in [2.24, 2.45) is 5.73 Å². The highest BCUT2D eigenvalue weighted by Gasteiger charge is 2.17. The SMILES string of the molecule is N#Cc1ccsc1NC(=O)CCN1CCCC(N)C1. The standard InChI is InChI=1S/C13H18N4OS/c14-8-10-4-7-19-13(10)16-12(18)3-6-17-5-1-2-11(15)9-17/h4,7,11H,1-3,5-6,9,15H2,(H,16,18). The van der Waals surface area contributed by atoms with Gasteiger partial charge in [-0.15, -0.1) is 11.3 Å². The van der Waals surface area contributed by atoms with E-state index in [1.807, 2.05) is 0 Å². The number of nitrogens with one attached hydrogen (secondary N) is 1. The zero-order valence-electron chi connectivity index (χ0n) is 10.8. The lowest BCUT2D eigenvalue weighted by molar-refractivity contribution is -0.116. The molecule has 1 aliphatic heterocycles. The van der Waals surface area contributed by atoms with E-state index in [1.165, 1.54) is 11.3 Å². The number of carbonyl (C=O) groups excluding carboxylic acids is 1. The third-order valence-corrected chi connectivity index (χ3v) is 4.07. The first-order chi connectivity index (χ1) is 9.19. The van der Waals surface area contributed by atoms with Crippen LogP contribution in [0.5, 0.6) is 0 Å². The molecule has 0 aromatic carbocycles. The van der Waals surface area contributed by atoms with E-state index in [1.54, 1.807) is 11.4 Å². The summed E-state index contributed by atoms with van der Waals surface area (Å²) < 4.78 is 0. The predicted octanol–water partition coefficient (Wildman–Crippen LogP) is 1.37. The van der Waals surface area contributed by atoms with Gasteiger partial charge in [-0.3, -0.25) is 4.79 Å². The Hall–Kier alpha value is -1.42. The summed E-state index contributed by atoms with van der Waals surface area (Å²) in [6.07, 6.45) is 2.62. The van der Waals surface area contributed by atoms with Crippen molar-refractivity contribution in [3.63, 3.8) is 0 Å². The van der Waals surface area contributed by atoms with Gasteiger partial charge in [-0.1, -0.05) is 0 Å². The van der Waals surface area contributed by atoms with Gasteiger partial charge in [-0.25, -0.2) is 0 Å². The highest BCUT2D eigenvalue weighted by atomic mass is 32.1. The second kappa shape index (κ2) is 6.66. The summed E-state index contributed by atoms with van der Waals surface area (Å²) in [4.78, 5) is 14.1. The number of carbonyl (C=O) groups is 1. The molecule has 2 heterocycles. The molecule has 1 unspecified atom stereocenters. The number of nitriles is 1. The van der Waals surface area contributed by atoms with E-state index in [0.29, 0.717) is 17.0 Å². The molecule has 6 heteroatoms. The normalized spacial score (nSPS) is 19.9. The molecule has 3 N–H and O–H groups in total. The van der Waals surface area contributed by atoms with Crippen molar-refractivity contribution in [2.75, 3.05) is 25.0 Å². The van der Waals surface area contributed by atoms with Gasteiger partial charge < -0.3 is 16.0 Å². The maximum Gasteiger partial charge on any atom is 0.226 e. The van der Waals surface area contributed by atoms with Crippen molar-refractivity contribution in [3.8, 4) is 6.07 Å². The first kappa shape index (κ1) is 14.0. The monoisotopic (exact) mass is 278 g/mol. The van der Waals surface area contributed by atoms with E-state index in [-0.39, 0.29) is 11.9 Å². The Labute approximate surface area is 117 Å². The van der Waals surface area contributed by atoms with Gasteiger partial charge >= 0.3 is 0 Å². The molecule has 0 spiro atoms. The van der Waals surface area contributed by atoms with E-state index in [0.717, 1.165) is 32.5 Å². The van der Waals surface area contributed by atoms with Crippen molar-refractivity contribution >= 4 is 22.2 Å². The van der Waals surface area contributed by atoms with Crippen LogP contribution in [0, 0.1) is 11.3 Å². The molecule has 1 atom stereocenters. The van der Waals surface area contributed by atoms with Crippen LogP contribution in [0.4, 0.5) is 5.00 Å². The molecule has 0 bridgehead atoms. The number of thiophene rings is 1. The summed E-state index contributed by atoms with van der Waals surface area (Å²) in [5.74, 6) is -0.0434. The number of nitrogens with two attached hydrogens (primary N) is 1. The van der Waals surface area contributed by atoms with Crippen LogP contribution in [0.15, 0.2) is 11.4 Å². The number of anilines is 1. The minimum Gasteiger partial charge on any atom is -0.327 e. The Bertz CT molecular complexity index is 479. The lowest BCUT2D eigenvalue weighted by atomic mass is 10.1. The lowest BCUT2D eigenvalue weighted by Gasteiger charge is -2.30. The summed E-state index contributed by atoms with van der Waals surface area (Å²) in [5, 5.41) is 14.1. The third-order valence-electron chi connectivity index (χ3n) is 3.24. The fourth-order valence-corrected chi connectivity index (χ4v) is 2.99. The molecule has 102 valence electrons. The average Bonchev–Trinajstić information content (AvgIpc) is 2.84. The minimum absolute atomic E-state index is 0.0434. The van der Waals surface area contributed by atoms with Gasteiger partial charge in [0.05, 0.1) is 5.56 Å². The van der Waals surface area contributed by atoms with Crippen LogP contribution in [-0.4, -0.2) is 36.5 Å². The van der Waals surface area contributed by atoms with Gasteiger partial charge in [0.25, 0.3) is 0 Å². The summed E-state index contributed by atoms with van der Waals surface area (Å²) in [6.45, 7) is 2.62. The quantitative estimate of drug-likeness (QED) is 0.871. The van der Waals surface area contributed by atoms with E-state index in [9.17, 15) is 4.79 Å². The van der Waals surface area contributed by atoms with Gasteiger partial charge in [-0.2, -0.15) is 5.26 Å². The molecule has 1 aromatic heterocycles. The van der Waals surface area contributed by atoms with E-state index in [2.05, 4.69) is 16.3 Å². The van der Waals surface area contributed by atoms with Crippen molar-refractivity contribution in [2.45, 2.75) is 25.3 Å². The molecule has 1 aromatic rings. The highest BCUT2D eigenvalue weighted by Crippen LogP contribution is 2.22. The Morgan fingerprint density at radius 1 is 1.68 bits per heavy atom. The maximum absolute atomic E-state index is 11.8. The minimum atomic E-state index is -0.0434.